The summed E-state index contributed by atoms with van der Waals surface area (Å²) in [4.78, 5) is 27.5. The Bertz CT molecular complexity index is 1330. The molecule has 0 saturated carbocycles. The highest BCUT2D eigenvalue weighted by molar-refractivity contribution is 6.09. The molecule has 1 N–H and O–H groups in total. The van der Waals surface area contributed by atoms with Crippen molar-refractivity contribution in [3.8, 4) is 5.69 Å². The summed E-state index contributed by atoms with van der Waals surface area (Å²) in [6.45, 7) is 2.27. The van der Waals surface area contributed by atoms with Gasteiger partial charge in [0.15, 0.2) is 0 Å². The highest BCUT2D eigenvalue weighted by Gasteiger charge is 2.22. The molecule has 1 aliphatic rings. The van der Waals surface area contributed by atoms with Crippen LogP contribution >= 0.6 is 0 Å². The van der Waals surface area contributed by atoms with Crippen LogP contribution in [-0.4, -0.2) is 52.1 Å². The Morgan fingerprint density at radius 3 is 2.48 bits per heavy atom. The summed E-state index contributed by atoms with van der Waals surface area (Å²) in [5, 5.41) is 23.1. The third kappa shape index (κ3) is 4.23. The number of ether oxygens (including phenoxy) is 1. The van der Waals surface area contributed by atoms with Gasteiger partial charge in [-0.3, -0.25) is 14.9 Å². The molecule has 166 valence electrons. The molecule has 4 aromatic rings. The average Bonchev–Trinajstić information content (AvgIpc) is 3.28. The van der Waals surface area contributed by atoms with E-state index in [0.29, 0.717) is 48.7 Å². The Morgan fingerprint density at radius 2 is 1.73 bits per heavy atom. The number of nitrogens with zero attached hydrogens (tertiary/aromatic N) is 5. The maximum absolute atomic E-state index is 13.2. The lowest BCUT2D eigenvalue weighted by Gasteiger charge is -2.30. The molecule has 1 saturated heterocycles. The van der Waals surface area contributed by atoms with Crippen molar-refractivity contribution < 1.29 is 14.5 Å². The van der Waals surface area contributed by atoms with Crippen molar-refractivity contribution in [1.29, 1.82) is 0 Å². The number of morpholine rings is 1. The van der Waals surface area contributed by atoms with E-state index in [4.69, 9.17) is 4.74 Å². The Kier molecular flexibility index (Phi) is 5.41. The van der Waals surface area contributed by atoms with Gasteiger partial charge in [-0.2, -0.15) is 4.80 Å². The number of carbonyl (C=O) groups is 1. The number of rotatable bonds is 5. The van der Waals surface area contributed by atoms with E-state index in [1.807, 2.05) is 35.2 Å². The van der Waals surface area contributed by atoms with Crippen LogP contribution in [-0.2, 0) is 4.74 Å². The Labute approximate surface area is 188 Å². The quantitative estimate of drug-likeness (QED) is 0.370. The number of benzene rings is 3. The fraction of sp³-hybridized carbons (Fsp3) is 0.174. The Balaban J connectivity index is 1.45. The van der Waals surface area contributed by atoms with Crippen LogP contribution in [0.1, 0.15) is 10.4 Å². The Morgan fingerprint density at radius 1 is 0.970 bits per heavy atom. The topological polar surface area (TPSA) is 115 Å². The second-order valence-corrected chi connectivity index (χ2v) is 7.54. The molecule has 1 fully saturated rings. The summed E-state index contributed by atoms with van der Waals surface area (Å²) in [7, 11) is 0. The molecule has 1 aromatic heterocycles. The average molecular weight is 444 g/mol. The lowest BCUT2D eigenvalue weighted by molar-refractivity contribution is -0.384. The van der Waals surface area contributed by atoms with Crippen LogP contribution in [0.25, 0.3) is 16.7 Å². The molecule has 10 nitrogen and oxygen atoms in total. The predicted molar refractivity (Wildman–Crippen MR) is 123 cm³/mol. The zero-order chi connectivity index (χ0) is 22.8. The number of hydrogen-bond acceptors (Lipinski definition) is 7. The van der Waals surface area contributed by atoms with E-state index in [-0.39, 0.29) is 11.3 Å². The fourth-order valence-electron chi connectivity index (χ4n) is 3.77. The first-order valence-corrected chi connectivity index (χ1v) is 10.4. The second-order valence-electron chi connectivity index (χ2n) is 7.54. The number of nitro groups is 1. The minimum absolute atomic E-state index is 0.140. The van der Waals surface area contributed by atoms with E-state index in [2.05, 4.69) is 15.5 Å². The first-order chi connectivity index (χ1) is 16.1. The summed E-state index contributed by atoms with van der Waals surface area (Å²) in [6, 6.07) is 19.1. The van der Waals surface area contributed by atoms with Gasteiger partial charge in [0.1, 0.15) is 11.0 Å². The Hall–Kier alpha value is -4.31. The van der Waals surface area contributed by atoms with Gasteiger partial charge < -0.3 is 15.0 Å². The van der Waals surface area contributed by atoms with E-state index in [0.717, 1.165) is 5.69 Å². The van der Waals surface area contributed by atoms with Gasteiger partial charge in [-0.1, -0.05) is 18.2 Å². The lowest BCUT2D eigenvalue weighted by Crippen LogP contribution is -2.37. The van der Waals surface area contributed by atoms with E-state index in [9.17, 15) is 14.9 Å². The minimum Gasteiger partial charge on any atom is -0.378 e. The first kappa shape index (κ1) is 20.6. The molecule has 0 radical (unpaired) electrons. The maximum atomic E-state index is 13.2. The van der Waals surface area contributed by atoms with Crippen LogP contribution in [0.5, 0.6) is 0 Å². The van der Waals surface area contributed by atoms with Crippen molar-refractivity contribution in [2.45, 2.75) is 0 Å². The van der Waals surface area contributed by atoms with Gasteiger partial charge >= 0.3 is 0 Å². The fourth-order valence-corrected chi connectivity index (χ4v) is 3.77. The number of aromatic nitrogens is 3. The molecule has 1 amide bonds. The van der Waals surface area contributed by atoms with Gasteiger partial charge in [0.2, 0.25) is 0 Å². The van der Waals surface area contributed by atoms with E-state index < -0.39 is 10.8 Å². The molecule has 0 unspecified atom stereocenters. The summed E-state index contributed by atoms with van der Waals surface area (Å²) in [6.07, 6.45) is 0. The second kappa shape index (κ2) is 8.67. The molecule has 0 bridgehead atoms. The molecule has 33 heavy (non-hydrogen) atoms. The summed E-state index contributed by atoms with van der Waals surface area (Å²) < 4.78 is 5.39. The van der Waals surface area contributed by atoms with Crippen LogP contribution in [0.4, 0.5) is 17.1 Å². The molecule has 0 aliphatic carbocycles. The number of fused-ring (bicyclic) bond motifs is 1. The van der Waals surface area contributed by atoms with Crippen molar-refractivity contribution in [2.75, 3.05) is 36.5 Å². The molecule has 5 rings (SSSR count). The lowest BCUT2D eigenvalue weighted by atomic mass is 10.1. The third-order valence-electron chi connectivity index (χ3n) is 5.41. The largest absolute Gasteiger partial charge is 0.378 e. The van der Waals surface area contributed by atoms with Crippen LogP contribution < -0.4 is 10.2 Å². The summed E-state index contributed by atoms with van der Waals surface area (Å²) in [5.41, 5.74) is 3.37. The van der Waals surface area contributed by atoms with E-state index in [1.165, 1.54) is 16.9 Å². The number of hydrogen-bond donors (Lipinski definition) is 1. The van der Waals surface area contributed by atoms with Crippen LogP contribution in [0.2, 0.25) is 0 Å². The molecule has 3 aromatic carbocycles. The van der Waals surface area contributed by atoms with Gasteiger partial charge in [-0.25, -0.2) is 0 Å². The summed E-state index contributed by atoms with van der Waals surface area (Å²) in [5.74, 6) is -0.435. The van der Waals surface area contributed by atoms with Gasteiger partial charge in [0, 0.05) is 30.9 Å². The van der Waals surface area contributed by atoms with Gasteiger partial charge in [-0.15, -0.1) is 10.2 Å². The van der Waals surface area contributed by atoms with Gasteiger partial charge in [-0.05, 0) is 36.4 Å². The number of amides is 1. The van der Waals surface area contributed by atoms with Crippen molar-refractivity contribution >= 4 is 34.0 Å². The van der Waals surface area contributed by atoms with Crippen molar-refractivity contribution in [3.63, 3.8) is 0 Å². The van der Waals surface area contributed by atoms with Gasteiger partial charge in [0.25, 0.3) is 11.6 Å². The standard InChI is InChI=1S/C23H20N6O4/c30-23(19-15-18(29(31)32)7-9-22(19)27-10-12-33-13-11-27)24-16-6-8-20-21(14-16)26-28(25-20)17-4-2-1-3-5-17/h1-9,14-15H,10-13H2,(H,24,30). The minimum atomic E-state index is -0.506. The van der Waals surface area contributed by atoms with Crippen LogP contribution in [0.3, 0.4) is 0 Å². The number of anilines is 2. The van der Waals surface area contributed by atoms with Crippen LogP contribution in [0.15, 0.2) is 66.7 Å². The molecule has 0 spiro atoms. The number of nitro benzene ring substituents is 1. The maximum Gasteiger partial charge on any atom is 0.270 e. The highest BCUT2D eigenvalue weighted by atomic mass is 16.6. The number of non-ortho nitro benzene ring substituents is 1. The molecule has 2 heterocycles. The monoisotopic (exact) mass is 444 g/mol. The normalized spacial score (nSPS) is 13.8. The molecular weight excluding hydrogens is 424 g/mol. The number of carbonyl (C=O) groups excluding carboxylic acids is 1. The number of nitrogens with one attached hydrogen (secondary N) is 1. The summed E-state index contributed by atoms with van der Waals surface area (Å²) >= 11 is 0. The zero-order valence-electron chi connectivity index (χ0n) is 17.5. The number of para-hydroxylation sites is 1. The van der Waals surface area contributed by atoms with E-state index in [1.54, 1.807) is 24.3 Å². The zero-order valence-corrected chi connectivity index (χ0v) is 17.5. The smallest absolute Gasteiger partial charge is 0.270 e. The first-order valence-electron chi connectivity index (χ1n) is 10.4. The van der Waals surface area contributed by atoms with Crippen molar-refractivity contribution in [3.05, 3.63) is 82.4 Å². The SMILES string of the molecule is O=C(Nc1ccc2nn(-c3ccccc3)nc2c1)c1cc([N+](=O)[O-])ccc1N1CCOCC1. The molecule has 0 atom stereocenters. The predicted octanol–water partition coefficient (Wildman–Crippen LogP) is 3.42. The van der Waals surface area contributed by atoms with E-state index >= 15 is 0 Å². The molecule has 10 heteroatoms. The van der Waals surface area contributed by atoms with Gasteiger partial charge in [0.05, 0.1) is 35.1 Å². The van der Waals surface area contributed by atoms with Crippen molar-refractivity contribution in [2.24, 2.45) is 0 Å². The highest BCUT2D eigenvalue weighted by Crippen LogP contribution is 2.28. The van der Waals surface area contributed by atoms with Crippen molar-refractivity contribution in [1.82, 2.24) is 15.0 Å². The third-order valence-corrected chi connectivity index (χ3v) is 5.41. The molecule has 1 aliphatic heterocycles. The van der Waals surface area contributed by atoms with Crippen LogP contribution in [0, 0.1) is 10.1 Å². The molecular formula is C23H20N6O4.